The fourth-order valence-electron chi connectivity index (χ4n) is 0.500. The second-order valence-corrected chi connectivity index (χ2v) is 2.00. The molecule has 0 unspecified atom stereocenters. The SMILES string of the molecule is C=Cc1ccncc1.CC(=O)O. The van der Waals surface area contributed by atoms with Gasteiger partial charge in [-0.25, -0.2) is 0 Å². The van der Waals surface area contributed by atoms with Gasteiger partial charge in [0.2, 0.25) is 0 Å². The van der Waals surface area contributed by atoms with Crippen LogP contribution in [0.2, 0.25) is 0 Å². The third-order valence-electron chi connectivity index (χ3n) is 0.942. The highest BCUT2D eigenvalue weighted by Gasteiger charge is 1.76. The molecule has 0 bridgehead atoms. The van der Waals surface area contributed by atoms with Crippen molar-refractivity contribution in [3.8, 4) is 0 Å². The molecule has 0 fully saturated rings. The minimum Gasteiger partial charge on any atom is -0.481 e. The number of carboxylic acids is 1. The molecule has 0 atom stereocenters. The van der Waals surface area contributed by atoms with E-state index in [4.69, 9.17) is 9.90 Å². The summed E-state index contributed by atoms with van der Waals surface area (Å²) in [4.78, 5) is 12.8. The zero-order valence-corrected chi connectivity index (χ0v) is 6.90. The molecule has 0 aliphatic heterocycles. The van der Waals surface area contributed by atoms with Crippen LogP contribution in [-0.4, -0.2) is 16.1 Å². The fraction of sp³-hybridized carbons (Fsp3) is 0.111. The van der Waals surface area contributed by atoms with Crippen molar-refractivity contribution in [1.29, 1.82) is 0 Å². The predicted octanol–water partition coefficient (Wildman–Crippen LogP) is 1.82. The Kier molecular flexibility index (Phi) is 5.26. The summed E-state index contributed by atoms with van der Waals surface area (Å²) < 4.78 is 0. The van der Waals surface area contributed by atoms with Crippen LogP contribution in [0.3, 0.4) is 0 Å². The Hall–Kier alpha value is -1.64. The van der Waals surface area contributed by atoms with E-state index < -0.39 is 5.97 Å². The molecule has 0 saturated heterocycles. The second-order valence-electron chi connectivity index (χ2n) is 2.00. The van der Waals surface area contributed by atoms with Crippen LogP contribution in [0.25, 0.3) is 6.08 Å². The smallest absolute Gasteiger partial charge is 0.300 e. The normalized spacial score (nSPS) is 7.75. The van der Waals surface area contributed by atoms with Crippen LogP contribution in [0.1, 0.15) is 12.5 Å². The maximum atomic E-state index is 9.00. The lowest BCUT2D eigenvalue weighted by molar-refractivity contribution is -0.134. The first kappa shape index (κ1) is 10.4. The molecule has 0 amide bonds. The highest BCUT2D eigenvalue weighted by Crippen LogP contribution is 1.94. The van der Waals surface area contributed by atoms with Gasteiger partial charge in [-0.15, -0.1) is 0 Å². The van der Waals surface area contributed by atoms with Crippen molar-refractivity contribution in [2.45, 2.75) is 6.92 Å². The number of carboxylic acid groups (broad SMARTS) is 1. The number of aliphatic carboxylic acids is 1. The van der Waals surface area contributed by atoms with Crippen LogP contribution in [0.4, 0.5) is 0 Å². The van der Waals surface area contributed by atoms with E-state index in [-0.39, 0.29) is 0 Å². The zero-order chi connectivity index (χ0) is 9.40. The number of hydrogen-bond acceptors (Lipinski definition) is 2. The third kappa shape index (κ3) is 6.48. The Morgan fingerprint density at radius 1 is 1.58 bits per heavy atom. The Balaban J connectivity index is 0.000000261. The lowest BCUT2D eigenvalue weighted by Crippen LogP contribution is -1.78. The molecule has 0 radical (unpaired) electrons. The summed E-state index contributed by atoms with van der Waals surface area (Å²) in [6.07, 6.45) is 5.29. The molecule has 3 nitrogen and oxygen atoms in total. The predicted molar refractivity (Wildman–Crippen MR) is 47.6 cm³/mol. The Morgan fingerprint density at radius 2 is 2.00 bits per heavy atom. The average Bonchev–Trinajstić information content (AvgIpc) is 2.05. The largest absolute Gasteiger partial charge is 0.481 e. The molecule has 3 heteroatoms. The maximum Gasteiger partial charge on any atom is 0.300 e. The molecular weight excluding hydrogens is 154 g/mol. The van der Waals surface area contributed by atoms with Gasteiger partial charge in [0, 0.05) is 19.3 Å². The number of rotatable bonds is 1. The van der Waals surface area contributed by atoms with Crippen LogP contribution in [0, 0.1) is 0 Å². The molecule has 1 aromatic rings. The summed E-state index contributed by atoms with van der Waals surface area (Å²) in [5, 5.41) is 7.42. The molecule has 1 heterocycles. The van der Waals surface area contributed by atoms with E-state index in [1.807, 2.05) is 12.1 Å². The summed E-state index contributed by atoms with van der Waals surface area (Å²) in [6.45, 7) is 4.69. The number of hydrogen-bond donors (Lipinski definition) is 1. The van der Waals surface area contributed by atoms with Gasteiger partial charge in [-0.3, -0.25) is 9.78 Å². The first-order valence-electron chi connectivity index (χ1n) is 3.39. The van der Waals surface area contributed by atoms with Crippen molar-refractivity contribution in [1.82, 2.24) is 4.98 Å². The Morgan fingerprint density at radius 3 is 2.25 bits per heavy atom. The van der Waals surface area contributed by atoms with Gasteiger partial charge in [-0.2, -0.15) is 0 Å². The van der Waals surface area contributed by atoms with Gasteiger partial charge < -0.3 is 5.11 Å². The van der Waals surface area contributed by atoms with Crippen LogP contribution in [0.15, 0.2) is 31.1 Å². The van der Waals surface area contributed by atoms with Crippen molar-refractivity contribution in [3.05, 3.63) is 36.7 Å². The molecule has 0 aromatic carbocycles. The minimum absolute atomic E-state index is 0.833. The van der Waals surface area contributed by atoms with Gasteiger partial charge in [0.05, 0.1) is 0 Å². The van der Waals surface area contributed by atoms with Gasteiger partial charge in [-0.1, -0.05) is 12.7 Å². The summed E-state index contributed by atoms with van der Waals surface area (Å²) >= 11 is 0. The number of pyridine rings is 1. The van der Waals surface area contributed by atoms with Crippen molar-refractivity contribution >= 4 is 12.0 Å². The van der Waals surface area contributed by atoms with Crippen LogP contribution >= 0.6 is 0 Å². The first-order chi connectivity index (χ1) is 5.66. The van der Waals surface area contributed by atoms with Crippen LogP contribution in [0.5, 0.6) is 0 Å². The quantitative estimate of drug-likeness (QED) is 0.690. The number of carbonyl (C=O) groups is 1. The van der Waals surface area contributed by atoms with Gasteiger partial charge in [0.15, 0.2) is 0 Å². The van der Waals surface area contributed by atoms with Gasteiger partial charge in [0.1, 0.15) is 0 Å². The van der Waals surface area contributed by atoms with E-state index in [1.165, 1.54) is 0 Å². The Bertz CT molecular complexity index is 240. The Labute approximate surface area is 71.4 Å². The molecule has 0 saturated carbocycles. The van der Waals surface area contributed by atoms with E-state index in [0.29, 0.717) is 0 Å². The number of aromatic nitrogens is 1. The fourth-order valence-corrected chi connectivity index (χ4v) is 0.500. The molecule has 1 rings (SSSR count). The summed E-state index contributed by atoms with van der Waals surface area (Å²) in [7, 11) is 0. The van der Waals surface area contributed by atoms with Crippen LogP contribution < -0.4 is 0 Å². The monoisotopic (exact) mass is 165 g/mol. The van der Waals surface area contributed by atoms with Crippen LogP contribution in [-0.2, 0) is 4.79 Å². The highest BCUT2D eigenvalue weighted by atomic mass is 16.4. The van der Waals surface area contributed by atoms with Crippen molar-refractivity contribution < 1.29 is 9.90 Å². The van der Waals surface area contributed by atoms with E-state index in [1.54, 1.807) is 18.5 Å². The first-order valence-corrected chi connectivity index (χ1v) is 3.39. The summed E-state index contributed by atoms with van der Waals surface area (Å²) in [6, 6.07) is 3.82. The second kappa shape index (κ2) is 6.09. The molecule has 1 aromatic heterocycles. The summed E-state index contributed by atoms with van der Waals surface area (Å²) in [5.41, 5.74) is 1.11. The maximum absolute atomic E-state index is 9.00. The van der Waals surface area contributed by atoms with Crippen molar-refractivity contribution in [2.75, 3.05) is 0 Å². The van der Waals surface area contributed by atoms with Crippen molar-refractivity contribution in [2.24, 2.45) is 0 Å². The van der Waals surface area contributed by atoms with Crippen molar-refractivity contribution in [3.63, 3.8) is 0 Å². The molecule has 12 heavy (non-hydrogen) atoms. The molecular formula is C9H11NO2. The van der Waals surface area contributed by atoms with E-state index in [9.17, 15) is 0 Å². The molecule has 0 aliphatic rings. The molecule has 0 spiro atoms. The highest BCUT2D eigenvalue weighted by molar-refractivity contribution is 5.62. The molecule has 64 valence electrons. The standard InChI is InChI=1S/C7H7N.C2H4O2/c1-2-7-3-5-8-6-4-7;1-2(3)4/h2-6H,1H2;1H3,(H,3,4). The minimum atomic E-state index is -0.833. The number of nitrogens with zero attached hydrogens (tertiary/aromatic N) is 1. The van der Waals surface area contributed by atoms with Gasteiger partial charge in [0.25, 0.3) is 5.97 Å². The lowest BCUT2D eigenvalue weighted by atomic mass is 10.3. The lowest BCUT2D eigenvalue weighted by Gasteiger charge is -1.84. The average molecular weight is 165 g/mol. The van der Waals surface area contributed by atoms with E-state index in [0.717, 1.165) is 12.5 Å². The van der Waals surface area contributed by atoms with Gasteiger partial charge >= 0.3 is 0 Å². The van der Waals surface area contributed by atoms with Gasteiger partial charge in [-0.05, 0) is 17.7 Å². The topological polar surface area (TPSA) is 50.2 Å². The zero-order valence-electron chi connectivity index (χ0n) is 6.90. The molecule has 1 N–H and O–H groups in total. The summed E-state index contributed by atoms with van der Waals surface area (Å²) in [5.74, 6) is -0.833. The molecule has 0 aliphatic carbocycles. The van der Waals surface area contributed by atoms with E-state index in [2.05, 4.69) is 11.6 Å². The third-order valence-corrected chi connectivity index (χ3v) is 0.942. The van der Waals surface area contributed by atoms with E-state index >= 15 is 0 Å².